The highest BCUT2D eigenvalue weighted by molar-refractivity contribution is 6.30. The van der Waals surface area contributed by atoms with Crippen molar-refractivity contribution in [1.29, 1.82) is 0 Å². The molecule has 0 spiro atoms. The smallest absolute Gasteiger partial charge is 0.251 e. The molecule has 2 aromatic rings. The second kappa shape index (κ2) is 5.92. The molecule has 4 nitrogen and oxygen atoms in total. The average Bonchev–Trinajstić information content (AvgIpc) is 2.38. The van der Waals surface area contributed by atoms with E-state index in [4.69, 9.17) is 11.6 Å². The van der Waals surface area contributed by atoms with Gasteiger partial charge in [0.05, 0.1) is 5.02 Å². The Hall–Kier alpha value is -2.07. The summed E-state index contributed by atoms with van der Waals surface area (Å²) in [5.74, 6) is -0.261. The molecule has 0 atom stereocenters. The lowest BCUT2D eigenvalue weighted by atomic mass is 10.1. The number of carbonyl (C=O) groups excluding carboxylic acids is 1. The molecule has 1 heterocycles. The van der Waals surface area contributed by atoms with E-state index in [9.17, 15) is 9.59 Å². The predicted molar refractivity (Wildman–Crippen MR) is 80.3 cm³/mol. The number of anilines is 1. The molecule has 0 aliphatic heterocycles. The van der Waals surface area contributed by atoms with Gasteiger partial charge in [-0.25, -0.2) is 0 Å². The first-order valence-corrected chi connectivity index (χ1v) is 6.56. The first-order valence-electron chi connectivity index (χ1n) is 6.19. The first kappa shape index (κ1) is 14.3. The monoisotopic (exact) mass is 290 g/mol. The summed E-state index contributed by atoms with van der Waals surface area (Å²) < 4.78 is 1.28. The van der Waals surface area contributed by atoms with Crippen molar-refractivity contribution < 1.29 is 4.79 Å². The summed E-state index contributed by atoms with van der Waals surface area (Å²) in [7, 11) is 0. The van der Waals surface area contributed by atoms with Crippen molar-refractivity contribution >= 4 is 23.2 Å². The molecule has 0 radical (unpaired) electrons. The molecule has 1 aromatic carbocycles. The summed E-state index contributed by atoms with van der Waals surface area (Å²) in [6.07, 6.45) is 1.45. The Morgan fingerprint density at radius 1 is 1.25 bits per heavy atom. The lowest BCUT2D eigenvalue weighted by Gasteiger charge is -2.10. The van der Waals surface area contributed by atoms with Gasteiger partial charge in [0.25, 0.3) is 5.56 Å². The van der Waals surface area contributed by atoms with Gasteiger partial charge in [-0.3, -0.25) is 9.59 Å². The molecule has 2 rings (SSSR count). The number of nitrogens with one attached hydrogen (secondary N) is 1. The van der Waals surface area contributed by atoms with Crippen LogP contribution in [0.5, 0.6) is 0 Å². The zero-order valence-corrected chi connectivity index (χ0v) is 12.1. The molecule has 104 valence electrons. The maximum absolute atomic E-state index is 12.0. The molecule has 1 aromatic heterocycles. The maximum atomic E-state index is 12.0. The minimum Gasteiger partial charge on any atom is -0.324 e. The summed E-state index contributed by atoms with van der Waals surface area (Å²) in [4.78, 5) is 23.6. The number of halogens is 1. The summed E-state index contributed by atoms with van der Waals surface area (Å²) in [5, 5.41) is 3.22. The number of benzene rings is 1. The quantitative estimate of drug-likeness (QED) is 0.945. The number of rotatable bonds is 3. The van der Waals surface area contributed by atoms with E-state index < -0.39 is 0 Å². The number of pyridine rings is 1. The van der Waals surface area contributed by atoms with Crippen molar-refractivity contribution in [2.24, 2.45) is 0 Å². The fourth-order valence-corrected chi connectivity index (χ4v) is 2.02. The van der Waals surface area contributed by atoms with Crippen LogP contribution in [0.3, 0.4) is 0 Å². The van der Waals surface area contributed by atoms with Gasteiger partial charge in [-0.15, -0.1) is 0 Å². The number of aromatic nitrogens is 1. The van der Waals surface area contributed by atoms with Gasteiger partial charge in [0.2, 0.25) is 5.91 Å². The van der Waals surface area contributed by atoms with Gasteiger partial charge >= 0.3 is 0 Å². The molecular weight excluding hydrogens is 276 g/mol. The van der Waals surface area contributed by atoms with Crippen LogP contribution in [0, 0.1) is 13.8 Å². The summed E-state index contributed by atoms with van der Waals surface area (Å²) >= 11 is 5.82. The molecule has 0 unspecified atom stereocenters. The molecule has 5 heteroatoms. The second-order valence-electron chi connectivity index (χ2n) is 4.68. The summed E-state index contributed by atoms with van der Waals surface area (Å²) in [5.41, 5.74) is 2.53. The third-order valence-electron chi connectivity index (χ3n) is 2.93. The van der Waals surface area contributed by atoms with E-state index in [1.807, 2.05) is 32.0 Å². The number of carbonyl (C=O) groups is 1. The van der Waals surface area contributed by atoms with Crippen molar-refractivity contribution in [2.75, 3.05) is 5.32 Å². The van der Waals surface area contributed by atoms with Crippen LogP contribution >= 0.6 is 11.6 Å². The SMILES string of the molecule is Cc1ccc(C)c(NC(=O)Cn2cc(Cl)ccc2=O)c1. The molecule has 0 aliphatic carbocycles. The van der Waals surface area contributed by atoms with E-state index in [1.54, 1.807) is 0 Å². The zero-order valence-electron chi connectivity index (χ0n) is 11.3. The summed E-state index contributed by atoms with van der Waals surface area (Å²) in [6.45, 7) is 3.81. The lowest BCUT2D eigenvalue weighted by Crippen LogP contribution is -2.26. The fourth-order valence-electron chi connectivity index (χ4n) is 1.84. The lowest BCUT2D eigenvalue weighted by molar-refractivity contribution is -0.116. The van der Waals surface area contributed by atoms with Gasteiger partial charge < -0.3 is 9.88 Å². The van der Waals surface area contributed by atoms with Crippen molar-refractivity contribution in [3.05, 3.63) is 63.0 Å². The largest absolute Gasteiger partial charge is 0.324 e. The molecule has 20 heavy (non-hydrogen) atoms. The van der Waals surface area contributed by atoms with Gasteiger partial charge in [-0.05, 0) is 37.1 Å². The van der Waals surface area contributed by atoms with E-state index in [0.29, 0.717) is 5.02 Å². The number of amides is 1. The average molecular weight is 291 g/mol. The van der Waals surface area contributed by atoms with Crippen LogP contribution in [-0.4, -0.2) is 10.5 Å². The van der Waals surface area contributed by atoms with Crippen LogP contribution in [-0.2, 0) is 11.3 Å². The van der Waals surface area contributed by atoms with E-state index >= 15 is 0 Å². The number of aryl methyl sites for hydroxylation is 2. The number of nitrogens with zero attached hydrogens (tertiary/aromatic N) is 1. The van der Waals surface area contributed by atoms with Gasteiger partial charge in [-0.1, -0.05) is 23.7 Å². The van der Waals surface area contributed by atoms with Gasteiger partial charge in [-0.2, -0.15) is 0 Å². The molecule has 0 aliphatic rings. The van der Waals surface area contributed by atoms with Crippen LogP contribution in [0.1, 0.15) is 11.1 Å². The Labute approximate surface area is 122 Å². The Kier molecular flexibility index (Phi) is 4.25. The van der Waals surface area contributed by atoms with E-state index in [0.717, 1.165) is 16.8 Å². The molecule has 1 N–H and O–H groups in total. The van der Waals surface area contributed by atoms with Crippen molar-refractivity contribution in [2.45, 2.75) is 20.4 Å². The highest BCUT2D eigenvalue weighted by atomic mass is 35.5. The minimum absolute atomic E-state index is 0.0627. The Morgan fingerprint density at radius 3 is 2.75 bits per heavy atom. The second-order valence-corrected chi connectivity index (χ2v) is 5.12. The predicted octanol–water partition coefficient (Wildman–Crippen LogP) is 2.76. The van der Waals surface area contributed by atoms with E-state index in [1.165, 1.54) is 22.9 Å². The molecule has 0 saturated carbocycles. The van der Waals surface area contributed by atoms with Crippen LogP contribution in [0.25, 0.3) is 0 Å². The maximum Gasteiger partial charge on any atom is 0.251 e. The fraction of sp³-hybridized carbons (Fsp3) is 0.200. The standard InChI is InChI=1S/C15H15ClN2O2/c1-10-3-4-11(2)13(7-10)17-14(19)9-18-8-12(16)5-6-15(18)20/h3-8H,9H2,1-2H3,(H,17,19). The normalized spacial score (nSPS) is 10.3. The van der Waals surface area contributed by atoms with Crippen molar-refractivity contribution in [1.82, 2.24) is 4.57 Å². The molecule has 0 bridgehead atoms. The third kappa shape index (κ3) is 3.48. The Morgan fingerprint density at radius 2 is 2.00 bits per heavy atom. The molecule has 0 fully saturated rings. The van der Waals surface area contributed by atoms with Gasteiger partial charge in [0.15, 0.2) is 0 Å². The molecule has 1 amide bonds. The first-order chi connectivity index (χ1) is 9.45. The molecule has 0 saturated heterocycles. The van der Waals surface area contributed by atoms with Crippen LogP contribution in [0.15, 0.2) is 41.3 Å². The summed E-state index contributed by atoms with van der Waals surface area (Å²) in [6, 6.07) is 8.66. The molecular formula is C15H15ClN2O2. The third-order valence-corrected chi connectivity index (χ3v) is 3.15. The number of hydrogen-bond acceptors (Lipinski definition) is 2. The van der Waals surface area contributed by atoms with Gasteiger partial charge in [0.1, 0.15) is 6.54 Å². The zero-order chi connectivity index (χ0) is 14.7. The van der Waals surface area contributed by atoms with Crippen LogP contribution in [0.2, 0.25) is 5.02 Å². The Balaban J connectivity index is 2.15. The van der Waals surface area contributed by atoms with Gasteiger partial charge in [0, 0.05) is 18.0 Å². The van der Waals surface area contributed by atoms with E-state index in [2.05, 4.69) is 5.32 Å². The highest BCUT2D eigenvalue weighted by Gasteiger charge is 2.07. The topological polar surface area (TPSA) is 51.1 Å². The van der Waals surface area contributed by atoms with Crippen LogP contribution in [0.4, 0.5) is 5.69 Å². The van der Waals surface area contributed by atoms with Crippen molar-refractivity contribution in [3.8, 4) is 0 Å². The Bertz CT molecular complexity index is 707. The van der Waals surface area contributed by atoms with Crippen molar-refractivity contribution in [3.63, 3.8) is 0 Å². The van der Waals surface area contributed by atoms with Crippen LogP contribution < -0.4 is 10.9 Å². The highest BCUT2D eigenvalue weighted by Crippen LogP contribution is 2.16. The number of hydrogen-bond donors (Lipinski definition) is 1. The van der Waals surface area contributed by atoms with E-state index in [-0.39, 0.29) is 18.0 Å². The minimum atomic E-state index is -0.261.